The lowest BCUT2D eigenvalue weighted by molar-refractivity contribution is 0.390. The molecule has 0 unspecified atom stereocenters. The Morgan fingerprint density at radius 2 is 2.00 bits per heavy atom. The molecule has 2 aromatic rings. The summed E-state index contributed by atoms with van der Waals surface area (Å²) in [5.74, 6) is 3.03. The van der Waals surface area contributed by atoms with Gasteiger partial charge in [0.25, 0.3) is 0 Å². The fourth-order valence-electron chi connectivity index (χ4n) is 2.59. The second-order valence-electron chi connectivity index (χ2n) is 5.89. The molecule has 1 aromatic carbocycles. The van der Waals surface area contributed by atoms with E-state index in [1.165, 1.54) is 12.8 Å². The molecule has 1 fully saturated rings. The van der Waals surface area contributed by atoms with E-state index in [-0.39, 0.29) is 0 Å². The van der Waals surface area contributed by atoms with Crippen molar-refractivity contribution in [1.29, 1.82) is 5.26 Å². The van der Waals surface area contributed by atoms with E-state index in [4.69, 9.17) is 14.7 Å². The molecule has 0 atom stereocenters. The minimum atomic E-state index is 0.326. The van der Waals surface area contributed by atoms with Gasteiger partial charge in [0.1, 0.15) is 17.6 Å². The average Bonchev–Trinajstić information content (AvgIpc) is 3.45. The Kier molecular flexibility index (Phi) is 4.80. The van der Waals surface area contributed by atoms with Crippen molar-refractivity contribution in [2.45, 2.75) is 19.4 Å². The van der Waals surface area contributed by atoms with Gasteiger partial charge in [0.2, 0.25) is 0 Å². The van der Waals surface area contributed by atoms with Gasteiger partial charge < -0.3 is 14.4 Å². The Morgan fingerprint density at radius 1 is 1.17 bits per heavy atom. The molecule has 6 heteroatoms. The summed E-state index contributed by atoms with van der Waals surface area (Å²) in [5, 5.41) is 17.0. The van der Waals surface area contributed by atoms with E-state index in [1.54, 1.807) is 20.3 Å². The van der Waals surface area contributed by atoms with E-state index < -0.39 is 0 Å². The third-order valence-electron chi connectivity index (χ3n) is 4.12. The van der Waals surface area contributed by atoms with Crippen LogP contribution in [-0.2, 0) is 6.54 Å². The minimum Gasteiger partial charge on any atom is -0.497 e. The van der Waals surface area contributed by atoms with Crippen LogP contribution in [0.3, 0.4) is 0 Å². The first-order chi connectivity index (χ1) is 11.7. The zero-order chi connectivity index (χ0) is 16.9. The van der Waals surface area contributed by atoms with Crippen LogP contribution in [0.5, 0.6) is 11.5 Å². The van der Waals surface area contributed by atoms with Gasteiger partial charge in [-0.2, -0.15) is 5.26 Å². The number of nitrogens with zero attached hydrogens (tertiary/aromatic N) is 4. The van der Waals surface area contributed by atoms with Crippen LogP contribution in [0.4, 0.5) is 5.82 Å². The van der Waals surface area contributed by atoms with Gasteiger partial charge in [0, 0.05) is 24.7 Å². The quantitative estimate of drug-likeness (QED) is 0.780. The predicted octanol–water partition coefficient (Wildman–Crippen LogP) is 2.78. The monoisotopic (exact) mass is 324 g/mol. The predicted molar refractivity (Wildman–Crippen MR) is 90.1 cm³/mol. The molecular weight excluding hydrogens is 304 g/mol. The number of hydrogen-bond acceptors (Lipinski definition) is 6. The third kappa shape index (κ3) is 3.74. The van der Waals surface area contributed by atoms with Crippen LogP contribution < -0.4 is 14.4 Å². The van der Waals surface area contributed by atoms with Crippen molar-refractivity contribution < 1.29 is 9.47 Å². The van der Waals surface area contributed by atoms with E-state index in [2.05, 4.69) is 15.1 Å². The van der Waals surface area contributed by atoms with Crippen molar-refractivity contribution in [2.75, 3.05) is 25.7 Å². The van der Waals surface area contributed by atoms with E-state index in [0.29, 0.717) is 18.2 Å². The number of anilines is 1. The second-order valence-corrected chi connectivity index (χ2v) is 5.89. The molecule has 0 radical (unpaired) electrons. The van der Waals surface area contributed by atoms with Crippen LogP contribution in [0.1, 0.15) is 24.1 Å². The van der Waals surface area contributed by atoms with E-state index in [1.807, 2.05) is 30.3 Å². The molecule has 1 saturated carbocycles. The molecule has 1 aliphatic rings. The van der Waals surface area contributed by atoms with Gasteiger partial charge in [-0.05, 0) is 43.0 Å². The number of nitriles is 1. The smallest absolute Gasteiger partial charge is 0.163 e. The Hall–Kier alpha value is -2.81. The summed E-state index contributed by atoms with van der Waals surface area (Å²) < 4.78 is 10.8. The van der Waals surface area contributed by atoms with Crippen LogP contribution in [0.2, 0.25) is 0 Å². The summed E-state index contributed by atoms with van der Waals surface area (Å²) in [5.41, 5.74) is 1.39. The highest BCUT2D eigenvalue weighted by Gasteiger charge is 2.26. The van der Waals surface area contributed by atoms with Gasteiger partial charge in [-0.1, -0.05) is 0 Å². The molecule has 3 rings (SSSR count). The van der Waals surface area contributed by atoms with Crippen molar-refractivity contribution in [2.24, 2.45) is 5.92 Å². The largest absolute Gasteiger partial charge is 0.497 e. The van der Waals surface area contributed by atoms with Crippen molar-refractivity contribution in [3.8, 4) is 17.6 Å². The Labute approximate surface area is 141 Å². The van der Waals surface area contributed by atoms with Crippen molar-refractivity contribution in [1.82, 2.24) is 10.2 Å². The Bertz CT molecular complexity index is 736. The van der Waals surface area contributed by atoms with Gasteiger partial charge in [-0.25, -0.2) is 0 Å². The average molecular weight is 324 g/mol. The molecule has 0 bridgehead atoms. The maximum atomic E-state index is 8.88. The van der Waals surface area contributed by atoms with Crippen LogP contribution >= 0.6 is 0 Å². The molecular formula is C18H20N4O2. The first-order valence-electron chi connectivity index (χ1n) is 7.93. The highest BCUT2D eigenvalue weighted by Crippen LogP contribution is 2.33. The summed E-state index contributed by atoms with van der Waals surface area (Å²) in [6.45, 7) is 1.60. The topological polar surface area (TPSA) is 71.3 Å². The highest BCUT2D eigenvalue weighted by molar-refractivity contribution is 5.46. The normalized spacial score (nSPS) is 13.2. The molecule has 6 nitrogen and oxygen atoms in total. The van der Waals surface area contributed by atoms with Gasteiger partial charge in [0.15, 0.2) is 11.5 Å². The van der Waals surface area contributed by atoms with Crippen molar-refractivity contribution in [3.63, 3.8) is 0 Å². The lowest BCUT2D eigenvalue weighted by atomic mass is 10.1. The molecule has 0 aliphatic heterocycles. The van der Waals surface area contributed by atoms with E-state index >= 15 is 0 Å². The summed E-state index contributed by atoms with van der Waals surface area (Å²) in [7, 11) is 3.30. The Morgan fingerprint density at radius 3 is 2.58 bits per heavy atom. The molecule has 0 N–H and O–H groups in total. The SMILES string of the molecule is COc1ccc(CN(CC2CC2)c2ccc(C#N)nn2)c(OC)c1. The number of hydrogen-bond donors (Lipinski definition) is 0. The number of benzene rings is 1. The molecule has 0 amide bonds. The Balaban J connectivity index is 1.85. The molecule has 124 valence electrons. The second kappa shape index (κ2) is 7.18. The minimum absolute atomic E-state index is 0.326. The van der Waals surface area contributed by atoms with Crippen LogP contribution in [0.15, 0.2) is 30.3 Å². The fraction of sp³-hybridized carbons (Fsp3) is 0.389. The molecule has 1 heterocycles. The summed E-state index contributed by atoms with van der Waals surface area (Å²) >= 11 is 0. The summed E-state index contributed by atoms with van der Waals surface area (Å²) in [6, 6.07) is 11.4. The van der Waals surface area contributed by atoms with Crippen LogP contribution in [0.25, 0.3) is 0 Å². The zero-order valence-corrected chi connectivity index (χ0v) is 13.9. The summed E-state index contributed by atoms with van der Waals surface area (Å²) in [6.07, 6.45) is 2.50. The fourth-order valence-corrected chi connectivity index (χ4v) is 2.59. The lowest BCUT2D eigenvalue weighted by Gasteiger charge is -2.24. The highest BCUT2D eigenvalue weighted by atomic mass is 16.5. The first-order valence-corrected chi connectivity index (χ1v) is 7.93. The standard InChI is InChI=1S/C18H20N4O2/c1-23-16-7-5-14(17(9-16)24-2)12-22(11-13-3-4-13)18-8-6-15(10-19)20-21-18/h5-9,13H,3-4,11-12H2,1-2H3. The molecule has 0 spiro atoms. The van der Waals surface area contributed by atoms with E-state index in [0.717, 1.165) is 29.4 Å². The van der Waals surface area contributed by atoms with Crippen LogP contribution in [-0.4, -0.2) is 31.0 Å². The molecule has 1 aromatic heterocycles. The zero-order valence-electron chi connectivity index (χ0n) is 13.9. The van der Waals surface area contributed by atoms with Crippen molar-refractivity contribution in [3.05, 3.63) is 41.6 Å². The van der Waals surface area contributed by atoms with Gasteiger partial charge in [-0.3, -0.25) is 0 Å². The maximum absolute atomic E-state index is 8.88. The molecule has 0 saturated heterocycles. The molecule has 24 heavy (non-hydrogen) atoms. The third-order valence-corrected chi connectivity index (χ3v) is 4.12. The number of rotatable bonds is 7. The van der Waals surface area contributed by atoms with Gasteiger partial charge >= 0.3 is 0 Å². The lowest BCUT2D eigenvalue weighted by Crippen LogP contribution is -2.26. The van der Waals surface area contributed by atoms with Crippen molar-refractivity contribution >= 4 is 5.82 Å². The van der Waals surface area contributed by atoms with Gasteiger partial charge in [0.05, 0.1) is 14.2 Å². The summed E-state index contributed by atoms with van der Waals surface area (Å²) in [4.78, 5) is 2.19. The number of methoxy groups -OCH3 is 2. The van der Waals surface area contributed by atoms with Gasteiger partial charge in [-0.15, -0.1) is 10.2 Å². The number of aromatic nitrogens is 2. The first kappa shape index (κ1) is 16.1. The maximum Gasteiger partial charge on any atom is 0.163 e. The molecule has 1 aliphatic carbocycles. The van der Waals surface area contributed by atoms with E-state index in [9.17, 15) is 0 Å². The number of ether oxygens (including phenoxy) is 2. The van der Waals surface area contributed by atoms with Crippen LogP contribution in [0, 0.1) is 17.2 Å².